The van der Waals surface area contributed by atoms with Gasteiger partial charge in [0, 0.05) is 38.4 Å². The topological polar surface area (TPSA) is 95.4 Å². The monoisotopic (exact) mass is 236 g/mol. The number of amides is 1. The van der Waals surface area contributed by atoms with Gasteiger partial charge in [-0.3, -0.25) is 4.79 Å². The first kappa shape index (κ1) is 11.3. The van der Waals surface area contributed by atoms with Gasteiger partial charge in [-0.15, -0.1) is 0 Å². The summed E-state index contributed by atoms with van der Waals surface area (Å²) >= 11 is 0. The molecule has 1 saturated heterocycles. The van der Waals surface area contributed by atoms with Crippen LogP contribution < -0.4 is 10.2 Å². The van der Waals surface area contributed by atoms with E-state index in [0.29, 0.717) is 32.0 Å². The van der Waals surface area contributed by atoms with E-state index in [4.69, 9.17) is 5.11 Å². The van der Waals surface area contributed by atoms with Crippen molar-refractivity contribution in [3.05, 3.63) is 18.0 Å². The maximum atomic E-state index is 11.1. The van der Waals surface area contributed by atoms with Crippen molar-refractivity contribution in [2.24, 2.45) is 0 Å². The van der Waals surface area contributed by atoms with Gasteiger partial charge in [0.25, 0.3) is 0 Å². The highest BCUT2D eigenvalue weighted by atomic mass is 16.4. The SMILES string of the molecule is O=C1CCN(c2ncc(C(=O)O)cn2)CCN1. The lowest BCUT2D eigenvalue weighted by atomic mass is 10.3. The molecule has 1 aromatic heterocycles. The van der Waals surface area contributed by atoms with E-state index < -0.39 is 5.97 Å². The van der Waals surface area contributed by atoms with Crippen LogP contribution in [0, 0.1) is 0 Å². The predicted octanol–water partition coefficient (Wildman–Crippen LogP) is -0.499. The number of anilines is 1. The van der Waals surface area contributed by atoms with Crippen molar-refractivity contribution in [2.45, 2.75) is 6.42 Å². The summed E-state index contributed by atoms with van der Waals surface area (Å²) in [6, 6.07) is 0. The van der Waals surface area contributed by atoms with Gasteiger partial charge in [-0.05, 0) is 0 Å². The molecule has 0 unspecified atom stereocenters. The highest BCUT2D eigenvalue weighted by Crippen LogP contribution is 2.08. The Bertz CT molecular complexity index is 432. The normalized spacial score (nSPS) is 16.2. The third kappa shape index (κ3) is 2.68. The Hall–Kier alpha value is -2.18. The molecule has 0 radical (unpaired) electrons. The molecule has 2 heterocycles. The molecule has 0 aromatic carbocycles. The van der Waals surface area contributed by atoms with E-state index in [2.05, 4.69) is 15.3 Å². The number of carboxylic acid groups (broad SMARTS) is 1. The van der Waals surface area contributed by atoms with Crippen LogP contribution in [-0.4, -0.2) is 46.6 Å². The van der Waals surface area contributed by atoms with E-state index >= 15 is 0 Å². The van der Waals surface area contributed by atoms with Crippen LogP contribution in [0.4, 0.5) is 5.95 Å². The van der Waals surface area contributed by atoms with Crippen molar-refractivity contribution < 1.29 is 14.7 Å². The fourth-order valence-corrected chi connectivity index (χ4v) is 1.56. The zero-order chi connectivity index (χ0) is 12.3. The van der Waals surface area contributed by atoms with Crippen LogP contribution in [0.1, 0.15) is 16.8 Å². The first-order chi connectivity index (χ1) is 8.16. The Balaban J connectivity index is 2.11. The van der Waals surface area contributed by atoms with E-state index in [-0.39, 0.29) is 11.5 Å². The Morgan fingerprint density at radius 1 is 1.35 bits per heavy atom. The highest BCUT2D eigenvalue weighted by Gasteiger charge is 2.16. The third-order valence-corrected chi connectivity index (χ3v) is 2.48. The van der Waals surface area contributed by atoms with E-state index in [1.165, 1.54) is 12.4 Å². The van der Waals surface area contributed by atoms with Crippen LogP contribution in [0.2, 0.25) is 0 Å². The molecule has 0 saturated carbocycles. The number of hydrogen-bond donors (Lipinski definition) is 2. The molecule has 0 aliphatic carbocycles. The Morgan fingerprint density at radius 2 is 2.06 bits per heavy atom. The van der Waals surface area contributed by atoms with Crippen molar-refractivity contribution in [3.63, 3.8) is 0 Å². The minimum atomic E-state index is -1.05. The number of aromatic carboxylic acids is 1. The van der Waals surface area contributed by atoms with Crippen molar-refractivity contribution in [2.75, 3.05) is 24.5 Å². The zero-order valence-electron chi connectivity index (χ0n) is 9.09. The number of carbonyl (C=O) groups excluding carboxylic acids is 1. The smallest absolute Gasteiger partial charge is 0.338 e. The molecule has 17 heavy (non-hydrogen) atoms. The molecule has 90 valence electrons. The van der Waals surface area contributed by atoms with Crippen LogP contribution in [0.3, 0.4) is 0 Å². The number of nitrogens with zero attached hydrogens (tertiary/aromatic N) is 3. The molecule has 1 aliphatic rings. The average molecular weight is 236 g/mol. The number of aromatic nitrogens is 2. The minimum Gasteiger partial charge on any atom is -0.478 e. The number of hydrogen-bond acceptors (Lipinski definition) is 5. The quantitative estimate of drug-likeness (QED) is 0.718. The summed E-state index contributed by atoms with van der Waals surface area (Å²) in [5.41, 5.74) is 0.0535. The molecule has 1 fully saturated rings. The Kier molecular flexibility index (Phi) is 3.17. The van der Waals surface area contributed by atoms with Gasteiger partial charge in [0.1, 0.15) is 0 Å². The summed E-state index contributed by atoms with van der Waals surface area (Å²) in [5.74, 6) is -0.592. The summed E-state index contributed by atoms with van der Waals surface area (Å²) in [7, 11) is 0. The van der Waals surface area contributed by atoms with Gasteiger partial charge < -0.3 is 15.3 Å². The molecule has 7 nitrogen and oxygen atoms in total. The lowest BCUT2D eigenvalue weighted by Crippen LogP contribution is -2.29. The standard InChI is InChI=1S/C10H12N4O3/c15-8-1-3-14(4-2-11-8)10-12-5-7(6-13-10)9(16)17/h5-6H,1-4H2,(H,11,15)(H,16,17). The van der Waals surface area contributed by atoms with Gasteiger partial charge in [-0.2, -0.15) is 0 Å². The average Bonchev–Trinajstić information content (AvgIpc) is 2.54. The third-order valence-electron chi connectivity index (χ3n) is 2.48. The summed E-state index contributed by atoms with van der Waals surface area (Å²) in [4.78, 5) is 31.6. The van der Waals surface area contributed by atoms with Crippen LogP contribution in [-0.2, 0) is 4.79 Å². The highest BCUT2D eigenvalue weighted by molar-refractivity contribution is 5.86. The number of carbonyl (C=O) groups is 2. The number of rotatable bonds is 2. The summed E-state index contributed by atoms with van der Waals surface area (Å²) < 4.78 is 0. The molecule has 1 aromatic rings. The van der Waals surface area contributed by atoms with Gasteiger partial charge in [-0.1, -0.05) is 0 Å². The van der Waals surface area contributed by atoms with Crippen LogP contribution in [0.15, 0.2) is 12.4 Å². The number of nitrogens with one attached hydrogen (secondary N) is 1. The van der Waals surface area contributed by atoms with Crippen molar-refractivity contribution >= 4 is 17.8 Å². The second-order valence-electron chi connectivity index (χ2n) is 3.66. The molecular formula is C10H12N4O3. The van der Waals surface area contributed by atoms with Gasteiger partial charge in [0.15, 0.2) is 0 Å². The molecule has 1 amide bonds. The maximum Gasteiger partial charge on any atom is 0.338 e. The first-order valence-corrected chi connectivity index (χ1v) is 5.24. The van der Waals surface area contributed by atoms with E-state index in [0.717, 1.165) is 0 Å². The molecule has 1 aliphatic heterocycles. The minimum absolute atomic E-state index is 0.00894. The predicted molar refractivity (Wildman–Crippen MR) is 58.8 cm³/mol. The largest absolute Gasteiger partial charge is 0.478 e. The Labute approximate surface area is 97.5 Å². The zero-order valence-corrected chi connectivity index (χ0v) is 9.09. The van der Waals surface area contributed by atoms with Gasteiger partial charge >= 0.3 is 5.97 Å². The number of carboxylic acids is 1. The van der Waals surface area contributed by atoms with Gasteiger partial charge in [0.2, 0.25) is 11.9 Å². The molecule has 7 heteroatoms. The second-order valence-corrected chi connectivity index (χ2v) is 3.66. The van der Waals surface area contributed by atoms with Gasteiger partial charge in [0.05, 0.1) is 5.56 Å². The van der Waals surface area contributed by atoms with Crippen LogP contribution >= 0.6 is 0 Å². The van der Waals surface area contributed by atoms with E-state index in [9.17, 15) is 9.59 Å². The van der Waals surface area contributed by atoms with Crippen molar-refractivity contribution in [3.8, 4) is 0 Å². The fraction of sp³-hybridized carbons (Fsp3) is 0.400. The van der Waals surface area contributed by atoms with Crippen LogP contribution in [0.25, 0.3) is 0 Å². The summed E-state index contributed by atoms with van der Waals surface area (Å²) in [6.45, 7) is 1.71. The molecular weight excluding hydrogens is 224 g/mol. The molecule has 2 N–H and O–H groups in total. The molecule has 2 rings (SSSR count). The van der Waals surface area contributed by atoms with Crippen LogP contribution in [0.5, 0.6) is 0 Å². The summed E-state index contributed by atoms with van der Waals surface area (Å²) in [5, 5.41) is 11.5. The van der Waals surface area contributed by atoms with Gasteiger partial charge in [-0.25, -0.2) is 14.8 Å². The van der Waals surface area contributed by atoms with E-state index in [1.54, 1.807) is 0 Å². The van der Waals surface area contributed by atoms with Crippen molar-refractivity contribution in [1.82, 2.24) is 15.3 Å². The molecule has 0 spiro atoms. The molecule has 0 atom stereocenters. The maximum absolute atomic E-state index is 11.1. The lowest BCUT2D eigenvalue weighted by Gasteiger charge is -2.18. The Morgan fingerprint density at radius 3 is 2.71 bits per heavy atom. The van der Waals surface area contributed by atoms with Crippen molar-refractivity contribution in [1.29, 1.82) is 0 Å². The second kappa shape index (κ2) is 4.77. The summed E-state index contributed by atoms with van der Waals surface area (Å²) in [6.07, 6.45) is 2.93. The van der Waals surface area contributed by atoms with E-state index in [1.807, 2.05) is 4.90 Å². The fourth-order valence-electron chi connectivity index (χ4n) is 1.56. The first-order valence-electron chi connectivity index (χ1n) is 5.24. The lowest BCUT2D eigenvalue weighted by molar-refractivity contribution is -0.120. The molecule has 0 bridgehead atoms.